The van der Waals surface area contributed by atoms with Gasteiger partial charge in [0.25, 0.3) is 0 Å². The zero-order valence-electron chi connectivity index (χ0n) is 6.49. The Morgan fingerprint density at radius 1 is 1.64 bits per heavy atom. The average Bonchev–Trinajstić information content (AvgIpc) is 2.05. The van der Waals surface area contributed by atoms with E-state index in [1.807, 2.05) is 6.07 Å². The van der Waals surface area contributed by atoms with Gasteiger partial charge in [-0.2, -0.15) is 0 Å². The highest BCUT2D eigenvalue weighted by atomic mass is 16.3. The summed E-state index contributed by atoms with van der Waals surface area (Å²) >= 11 is 0. The van der Waals surface area contributed by atoms with Crippen LogP contribution in [0.4, 0.5) is 0 Å². The monoisotopic (exact) mass is 149 g/mol. The molecule has 1 atom stereocenters. The van der Waals surface area contributed by atoms with E-state index in [-0.39, 0.29) is 0 Å². The average molecular weight is 149 g/mol. The molecule has 1 rings (SSSR count). The number of rotatable bonds is 2. The summed E-state index contributed by atoms with van der Waals surface area (Å²) in [6.45, 7) is 5.32. The molecule has 0 saturated carbocycles. The molecule has 1 unspecified atom stereocenters. The molecule has 0 saturated heterocycles. The van der Waals surface area contributed by atoms with E-state index in [9.17, 15) is 0 Å². The van der Waals surface area contributed by atoms with Crippen LogP contribution in [-0.2, 0) is 0 Å². The molecule has 0 aromatic carbocycles. The normalized spacial score (nSPS) is 12.5. The first-order chi connectivity index (χ1) is 5.24. The second-order valence-corrected chi connectivity index (χ2v) is 2.43. The molecule has 11 heavy (non-hydrogen) atoms. The summed E-state index contributed by atoms with van der Waals surface area (Å²) in [7, 11) is 0. The number of hydrogen-bond acceptors (Lipinski definition) is 2. The van der Waals surface area contributed by atoms with E-state index in [0.717, 1.165) is 11.1 Å². The van der Waals surface area contributed by atoms with E-state index < -0.39 is 6.10 Å². The van der Waals surface area contributed by atoms with Crippen LogP contribution in [0.15, 0.2) is 25.0 Å². The van der Waals surface area contributed by atoms with Crippen LogP contribution in [0.3, 0.4) is 0 Å². The summed E-state index contributed by atoms with van der Waals surface area (Å²) in [5.41, 5.74) is 1.76. The molecule has 0 aliphatic rings. The largest absolute Gasteiger partial charge is 0.389 e. The van der Waals surface area contributed by atoms with Gasteiger partial charge in [-0.15, -0.1) is 0 Å². The maximum absolute atomic E-state index is 9.17. The van der Waals surface area contributed by atoms with Crippen LogP contribution in [0.25, 0.3) is 6.08 Å². The van der Waals surface area contributed by atoms with Gasteiger partial charge in [0.2, 0.25) is 0 Å². The third-order valence-corrected chi connectivity index (χ3v) is 1.50. The van der Waals surface area contributed by atoms with Crippen molar-refractivity contribution in [3.63, 3.8) is 0 Å². The highest BCUT2D eigenvalue weighted by Gasteiger charge is 1.99. The lowest BCUT2D eigenvalue weighted by atomic mass is 10.1. The first-order valence-corrected chi connectivity index (χ1v) is 3.49. The summed E-state index contributed by atoms with van der Waals surface area (Å²) in [4.78, 5) is 3.95. The van der Waals surface area contributed by atoms with Gasteiger partial charge < -0.3 is 5.11 Å². The standard InChI is InChI=1S/C9H11NO/c1-3-8-4-9(7(2)11)6-10-5-8/h3-7,11H,1H2,2H3. The molecule has 2 heteroatoms. The fourth-order valence-electron chi connectivity index (χ4n) is 0.816. The molecule has 0 bridgehead atoms. The highest BCUT2D eigenvalue weighted by molar-refractivity contribution is 5.46. The third-order valence-electron chi connectivity index (χ3n) is 1.50. The minimum atomic E-state index is -0.456. The molecule has 2 nitrogen and oxygen atoms in total. The van der Waals surface area contributed by atoms with Crippen molar-refractivity contribution in [1.29, 1.82) is 0 Å². The van der Waals surface area contributed by atoms with Crippen LogP contribution in [0, 0.1) is 0 Å². The van der Waals surface area contributed by atoms with Crippen LogP contribution in [0.5, 0.6) is 0 Å². The molecule has 1 N–H and O–H groups in total. The quantitative estimate of drug-likeness (QED) is 0.695. The van der Waals surface area contributed by atoms with Crippen LogP contribution in [0.2, 0.25) is 0 Å². The second kappa shape index (κ2) is 3.30. The van der Waals surface area contributed by atoms with Crippen molar-refractivity contribution in [1.82, 2.24) is 4.98 Å². The number of hydrogen-bond donors (Lipinski definition) is 1. The summed E-state index contributed by atoms with van der Waals surface area (Å²) in [5.74, 6) is 0. The maximum Gasteiger partial charge on any atom is 0.0777 e. The zero-order valence-corrected chi connectivity index (χ0v) is 6.49. The Kier molecular flexibility index (Phi) is 2.39. The molecule has 1 aromatic rings. The maximum atomic E-state index is 9.17. The number of pyridine rings is 1. The molecule has 58 valence electrons. The van der Waals surface area contributed by atoms with Gasteiger partial charge >= 0.3 is 0 Å². The van der Waals surface area contributed by atoms with Gasteiger partial charge in [-0.25, -0.2) is 0 Å². The summed E-state index contributed by atoms with van der Waals surface area (Å²) in [6.07, 6.45) is 4.61. The lowest BCUT2D eigenvalue weighted by Gasteiger charge is -2.03. The third kappa shape index (κ3) is 1.88. The minimum Gasteiger partial charge on any atom is -0.389 e. The Balaban J connectivity index is 3.00. The molecule has 1 heterocycles. The van der Waals surface area contributed by atoms with Gasteiger partial charge in [0.1, 0.15) is 0 Å². The van der Waals surface area contributed by atoms with Crippen LogP contribution < -0.4 is 0 Å². The molecule has 0 aliphatic carbocycles. The van der Waals surface area contributed by atoms with Crippen molar-refractivity contribution in [2.45, 2.75) is 13.0 Å². The molecule has 0 aliphatic heterocycles. The minimum absolute atomic E-state index is 0.456. The topological polar surface area (TPSA) is 33.1 Å². The van der Waals surface area contributed by atoms with Crippen molar-refractivity contribution in [2.75, 3.05) is 0 Å². The van der Waals surface area contributed by atoms with Crippen LogP contribution in [-0.4, -0.2) is 10.1 Å². The summed E-state index contributed by atoms with van der Waals surface area (Å²) in [6, 6.07) is 1.87. The summed E-state index contributed by atoms with van der Waals surface area (Å²) in [5, 5.41) is 9.17. The number of aliphatic hydroxyl groups is 1. The first-order valence-electron chi connectivity index (χ1n) is 3.49. The highest BCUT2D eigenvalue weighted by Crippen LogP contribution is 2.11. The SMILES string of the molecule is C=Cc1cncc(C(C)O)c1. The van der Waals surface area contributed by atoms with E-state index in [0.29, 0.717) is 0 Å². The van der Waals surface area contributed by atoms with Crippen LogP contribution >= 0.6 is 0 Å². The van der Waals surface area contributed by atoms with Crippen molar-refractivity contribution in [3.05, 3.63) is 36.2 Å². The fourth-order valence-corrected chi connectivity index (χ4v) is 0.816. The van der Waals surface area contributed by atoms with Gasteiger partial charge in [-0.3, -0.25) is 4.98 Å². The lowest BCUT2D eigenvalue weighted by molar-refractivity contribution is 0.199. The Morgan fingerprint density at radius 2 is 2.36 bits per heavy atom. The number of aromatic nitrogens is 1. The van der Waals surface area contributed by atoms with E-state index in [4.69, 9.17) is 5.11 Å². The van der Waals surface area contributed by atoms with E-state index in [2.05, 4.69) is 11.6 Å². The smallest absolute Gasteiger partial charge is 0.0777 e. The van der Waals surface area contributed by atoms with E-state index in [1.165, 1.54) is 0 Å². The summed E-state index contributed by atoms with van der Waals surface area (Å²) < 4.78 is 0. The molecule has 0 amide bonds. The van der Waals surface area contributed by atoms with Crippen molar-refractivity contribution in [3.8, 4) is 0 Å². The van der Waals surface area contributed by atoms with E-state index in [1.54, 1.807) is 25.4 Å². The molecular formula is C9H11NO. The van der Waals surface area contributed by atoms with Crippen molar-refractivity contribution in [2.24, 2.45) is 0 Å². The predicted octanol–water partition coefficient (Wildman–Crippen LogP) is 1.78. The van der Waals surface area contributed by atoms with E-state index >= 15 is 0 Å². The Hall–Kier alpha value is -1.15. The fraction of sp³-hybridized carbons (Fsp3) is 0.222. The predicted molar refractivity (Wildman–Crippen MR) is 45.0 cm³/mol. The second-order valence-electron chi connectivity index (χ2n) is 2.43. The number of nitrogens with zero attached hydrogens (tertiary/aromatic N) is 1. The van der Waals surface area contributed by atoms with Crippen LogP contribution in [0.1, 0.15) is 24.2 Å². The molecule has 0 radical (unpaired) electrons. The Labute approximate surface area is 66.2 Å². The van der Waals surface area contributed by atoms with Crippen molar-refractivity contribution < 1.29 is 5.11 Å². The first kappa shape index (κ1) is 7.95. The van der Waals surface area contributed by atoms with Gasteiger partial charge in [-0.1, -0.05) is 12.7 Å². The zero-order chi connectivity index (χ0) is 8.27. The van der Waals surface area contributed by atoms with Gasteiger partial charge in [0.05, 0.1) is 6.10 Å². The van der Waals surface area contributed by atoms with Crippen molar-refractivity contribution >= 4 is 6.08 Å². The Morgan fingerprint density at radius 3 is 2.91 bits per heavy atom. The van der Waals surface area contributed by atoms with Gasteiger partial charge in [0, 0.05) is 12.4 Å². The Bertz CT molecular complexity index is 255. The molecule has 1 aromatic heterocycles. The molecular weight excluding hydrogens is 138 g/mol. The number of aliphatic hydroxyl groups excluding tert-OH is 1. The molecule has 0 fully saturated rings. The van der Waals surface area contributed by atoms with Gasteiger partial charge in [-0.05, 0) is 24.1 Å². The molecule has 0 spiro atoms. The van der Waals surface area contributed by atoms with Gasteiger partial charge in [0.15, 0.2) is 0 Å². The lowest BCUT2D eigenvalue weighted by Crippen LogP contribution is -1.92.